The van der Waals surface area contributed by atoms with Crippen molar-refractivity contribution in [2.75, 3.05) is 5.32 Å². The van der Waals surface area contributed by atoms with Gasteiger partial charge in [-0.1, -0.05) is 31.5 Å². The summed E-state index contributed by atoms with van der Waals surface area (Å²) in [7, 11) is 0. The van der Waals surface area contributed by atoms with Gasteiger partial charge in [0.2, 0.25) is 0 Å². The maximum absolute atomic E-state index is 4.58. The van der Waals surface area contributed by atoms with E-state index in [-0.39, 0.29) is 0 Å². The molecule has 1 heterocycles. The number of hydrogen-bond donors (Lipinski definition) is 1. The van der Waals surface area contributed by atoms with Gasteiger partial charge >= 0.3 is 0 Å². The predicted octanol–water partition coefficient (Wildman–Crippen LogP) is 4.14. The first-order valence-corrected chi connectivity index (χ1v) is 6.91. The Hall–Kier alpha value is -1.57. The second kappa shape index (κ2) is 4.60. The van der Waals surface area contributed by atoms with E-state index in [0.717, 1.165) is 17.1 Å². The second-order valence-corrected chi connectivity index (χ2v) is 5.36. The Morgan fingerprint density at radius 3 is 3.00 bits per heavy atom. The number of anilines is 1. The smallest absolute Gasteiger partial charge is 0.0725 e. The zero-order chi connectivity index (χ0) is 12.5. The third-order valence-corrected chi connectivity index (χ3v) is 3.77. The fraction of sp³-hybridized carbons (Fsp3) is 0.438. The van der Waals surface area contributed by atoms with Gasteiger partial charge in [0.15, 0.2) is 0 Å². The molecule has 2 atom stereocenters. The number of pyridine rings is 1. The van der Waals surface area contributed by atoms with Gasteiger partial charge in [-0.2, -0.15) is 0 Å². The van der Waals surface area contributed by atoms with E-state index in [2.05, 4.69) is 54.5 Å². The maximum Gasteiger partial charge on any atom is 0.0725 e. The van der Waals surface area contributed by atoms with Crippen molar-refractivity contribution in [2.45, 2.75) is 39.2 Å². The van der Waals surface area contributed by atoms with Crippen LogP contribution in [0.15, 0.2) is 30.3 Å². The van der Waals surface area contributed by atoms with Gasteiger partial charge in [-0.25, -0.2) is 0 Å². The number of hydrogen-bond acceptors (Lipinski definition) is 2. The summed E-state index contributed by atoms with van der Waals surface area (Å²) in [4.78, 5) is 4.58. The Labute approximate surface area is 108 Å². The second-order valence-electron chi connectivity index (χ2n) is 5.36. The van der Waals surface area contributed by atoms with Crippen LogP contribution < -0.4 is 5.32 Å². The van der Waals surface area contributed by atoms with Crippen molar-refractivity contribution in [3.8, 4) is 0 Å². The standard InChI is InChI=1S/C16H20N2/c1-3-6-12-10-15(12)18-16-9-11(2)17-14-8-5-4-7-13(14)16/h4-5,7-9,12,15H,3,6,10H2,1-2H3,(H,17,18). The quantitative estimate of drug-likeness (QED) is 0.868. The van der Waals surface area contributed by atoms with Crippen LogP contribution in [-0.2, 0) is 0 Å². The molecule has 0 saturated heterocycles. The lowest BCUT2D eigenvalue weighted by molar-refractivity contribution is 0.693. The van der Waals surface area contributed by atoms with Gasteiger partial charge < -0.3 is 5.32 Å². The molecule has 0 aliphatic heterocycles. The molecule has 3 rings (SSSR count). The topological polar surface area (TPSA) is 24.9 Å². The minimum absolute atomic E-state index is 0.676. The van der Waals surface area contributed by atoms with Crippen molar-refractivity contribution in [3.05, 3.63) is 36.0 Å². The van der Waals surface area contributed by atoms with Crippen molar-refractivity contribution in [1.29, 1.82) is 0 Å². The van der Waals surface area contributed by atoms with E-state index in [1.54, 1.807) is 0 Å². The number of aromatic nitrogens is 1. The Morgan fingerprint density at radius 2 is 2.17 bits per heavy atom. The Bertz CT molecular complexity index is 562. The number of fused-ring (bicyclic) bond motifs is 1. The van der Waals surface area contributed by atoms with Crippen LogP contribution in [-0.4, -0.2) is 11.0 Å². The molecule has 1 fully saturated rings. The average Bonchev–Trinajstić information content (AvgIpc) is 3.07. The van der Waals surface area contributed by atoms with Crippen LogP contribution in [0.5, 0.6) is 0 Å². The molecule has 1 saturated carbocycles. The molecule has 2 aromatic rings. The third kappa shape index (κ3) is 2.20. The van der Waals surface area contributed by atoms with Gasteiger partial charge in [0.05, 0.1) is 5.52 Å². The predicted molar refractivity (Wildman–Crippen MR) is 76.9 cm³/mol. The van der Waals surface area contributed by atoms with Crippen LogP contribution in [0.1, 0.15) is 31.9 Å². The van der Waals surface area contributed by atoms with E-state index >= 15 is 0 Å². The first kappa shape index (κ1) is 11.5. The summed E-state index contributed by atoms with van der Waals surface area (Å²) in [6.45, 7) is 4.33. The molecule has 0 bridgehead atoms. The molecule has 0 spiro atoms. The molecule has 2 nitrogen and oxygen atoms in total. The summed E-state index contributed by atoms with van der Waals surface area (Å²) < 4.78 is 0. The first-order chi connectivity index (χ1) is 8.78. The van der Waals surface area contributed by atoms with E-state index in [4.69, 9.17) is 0 Å². The number of rotatable bonds is 4. The Kier molecular flexibility index (Phi) is 2.94. The molecule has 0 amide bonds. The summed E-state index contributed by atoms with van der Waals surface area (Å²) >= 11 is 0. The lowest BCUT2D eigenvalue weighted by Gasteiger charge is -2.10. The number of aryl methyl sites for hydroxylation is 1. The number of para-hydroxylation sites is 1. The molecule has 1 aliphatic carbocycles. The van der Waals surface area contributed by atoms with E-state index in [1.807, 2.05) is 0 Å². The number of benzene rings is 1. The van der Waals surface area contributed by atoms with E-state index in [0.29, 0.717) is 6.04 Å². The van der Waals surface area contributed by atoms with E-state index in [1.165, 1.54) is 30.3 Å². The minimum atomic E-state index is 0.676. The van der Waals surface area contributed by atoms with Crippen molar-refractivity contribution < 1.29 is 0 Å². The van der Waals surface area contributed by atoms with Gasteiger partial charge in [0.1, 0.15) is 0 Å². The lowest BCUT2D eigenvalue weighted by atomic mass is 10.1. The monoisotopic (exact) mass is 240 g/mol. The van der Waals surface area contributed by atoms with Gasteiger partial charge in [0.25, 0.3) is 0 Å². The summed E-state index contributed by atoms with van der Waals surface area (Å²) in [5.74, 6) is 0.877. The molecule has 1 N–H and O–H groups in total. The SMILES string of the molecule is CCCC1CC1Nc1cc(C)nc2ccccc12. The number of nitrogens with zero attached hydrogens (tertiary/aromatic N) is 1. The molecular weight excluding hydrogens is 220 g/mol. The zero-order valence-electron chi connectivity index (χ0n) is 11.1. The highest BCUT2D eigenvalue weighted by molar-refractivity contribution is 5.91. The first-order valence-electron chi connectivity index (χ1n) is 6.91. The van der Waals surface area contributed by atoms with Gasteiger partial charge in [-0.15, -0.1) is 0 Å². The highest BCUT2D eigenvalue weighted by atomic mass is 15.0. The molecule has 2 heteroatoms. The van der Waals surface area contributed by atoms with Crippen LogP contribution >= 0.6 is 0 Å². The molecule has 2 unspecified atom stereocenters. The molecule has 1 aromatic heterocycles. The largest absolute Gasteiger partial charge is 0.381 e. The molecule has 18 heavy (non-hydrogen) atoms. The van der Waals surface area contributed by atoms with Crippen LogP contribution in [0, 0.1) is 12.8 Å². The van der Waals surface area contributed by atoms with Crippen LogP contribution in [0.3, 0.4) is 0 Å². The van der Waals surface area contributed by atoms with Gasteiger partial charge in [-0.3, -0.25) is 4.98 Å². The van der Waals surface area contributed by atoms with Crippen molar-refractivity contribution in [1.82, 2.24) is 4.98 Å². The van der Waals surface area contributed by atoms with Gasteiger partial charge in [-0.05, 0) is 37.8 Å². The summed E-state index contributed by atoms with van der Waals surface area (Å²) in [5.41, 5.74) is 3.43. The Balaban J connectivity index is 1.87. The lowest BCUT2D eigenvalue weighted by Crippen LogP contribution is -2.05. The maximum atomic E-state index is 4.58. The van der Waals surface area contributed by atoms with Crippen molar-refractivity contribution in [2.24, 2.45) is 5.92 Å². The fourth-order valence-electron chi connectivity index (χ4n) is 2.74. The minimum Gasteiger partial charge on any atom is -0.381 e. The van der Waals surface area contributed by atoms with E-state index in [9.17, 15) is 0 Å². The zero-order valence-corrected chi connectivity index (χ0v) is 11.1. The normalized spacial score (nSPS) is 22.1. The Morgan fingerprint density at radius 1 is 1.33 bits per heavy atom. The summed E-state index contributed by atoms with van der Waals surface area (Å²) in [6.07, 6.45) is 3.96. The summed E-state index contributed by atoms with van der Waals surface area (Å²) in [6, 6.07) is 11.2. The molecule has 94 valence electrons. The van der Waals surface area contributed by atoms with Crippen molar-refractivity contribution >= 4 is 16.6 Å². The van der Waals surface area contributed by atoms with E-state index < -0.39 is 0 Å². The molecule has 1 aliphatic rings. The number of nitrogens with one attached hydrogen (secondary N) is 1. The van der Waals surface area contributed by atoms with Crippen LogP contribution in [0.4, 0.5) is 5.69 Å². The van der Waals surface area contributed by atoms with Gasteiger partial charge in [0, 0.05) is 22.8 Å². The van der Waals surface area contributed by atoms with Crippen LogP contribution in [0.2, 0.25) is 0 Å². The summed E-state index contributed by atoms with van der Waals surface area (Å²) in [5, 5.41) is 4.94. The fourth-order valence-corrected chi connectivity index (χ4v) is 2.74. The van der Waals surface area contributed by atoms with Crippen molar-refractivity contribution in [3.63, 3.8) is 0 Å². The molecule has 0 radical (unpaired) electrons. The third-order valence-electron chi connectivity index (χ3n) is 3.77. The highest BCUT2D eigenvalue weighted by Gasteiger charge is 2.36. The highest BCUT2D eigenvalue weighted by Crippen LogP contribution is 2.38. The molecular formula is C16H20N2. The molecule has 1 aromatic carbocycles. The average molecular weight is 240 g/mol. The van der Waals surface area contributed by atoms with Crippen LogP contribution in [0.25, 0.3) is 10.9 Å².